The summed E-state index contributed by atoms with van der Waals surface area (Å²) < 4.78 is 10.3. The highest BCUT2D eigenvalue weighted by Gasteiger charge is 2.07. The van der Waals surface area contributed by atoms with E-state index < -0.39 is 0 Å². The highest BCUT2D eigenvalue weighted by molar-refractivity contribution is 7.80. The summed E-state index contributed by atoms with van der Waals surface area (Å²) in [5.41, 5.74) is 0.00454. The van der Waals surface area contributed by atoms with Crippen LogP contribution in [-0.2, 0) is 9.47 Å². The minimum absolute atomic E-state index is 0.00454. The molecule has 2 nitrogen and oxygen atoms in total. The van der Waals surface area contributed by atoms with Crippen molar-refractivity contribution >= 4 is 12.6 Å². The van der Waals surface area contributed by atoms with Crippen LogP contribution < -0.4 is 0 Å². The van der Waals surface area contributed by atoms with Gasteiger partial charge in [0.05, 0.1) is 0 Å². The summed E-state index contributed by atoms with van der Waals surface area (Å²) in [5.74, 6) is 0. The molecule has 3 heteroatoms. The van der Waals surface area contributed by atoms with E-state index in [4.69, 9.17) is 9.47 Å². The predicted molar refractivity (Wildman–Crippen MR) is 45.2 cm³/mol. The molecular weight excluding hydrogens is 148 g/mol. The highest BCUT2D eigenvalue weighted by Crippen LogP contribution is 2.08. The molecule has 0 N–H and O–H groups in total. The summed E-state index contributed by atoms with van der Waals surface area (Å²) in [4.78, 5) is 0. The Kier molecular flexibility index (Phi) is 6.17. The van der Waals surface area contributed by atoms with Crippen molar-refractivity contribution in [3.63, 3.8) is 0 Å². The zero-order chi connectivity index (χ0) is 7.98. The van der Waals surface area contributed by atoms with Crippen LogP contribution in [0, 0.1) is 0 Å². The number of methoxy groups -OCH3 is 1. The third-order valence-electron chi connectivity index (χ3n) is 1.25. The van der Waals surface area contributed by atoms with Gasteiger partial charge >= 0.3 is 0 Å². The molecule has 0 aliphatic rings. The van der Waals surface area contributed by atoms with Crippen LogP contribution in [0.1, 0.15) is 26.7 Å². The van der Waals surface area contributed by atoms with Crippen LogP contribution in [0.25, 0.3) is 0 Å². The molecule has 0 aromatic rings. The van der Waals surface area contributed by atoms with Crippen molar-refractivity contribution < 1.29 is 9.47 Å². The van der Waals surface area contributed by atoms with E-state index in [2.05, 4.69) is 12.6 Å². The topological polar surface area (TPSA) is 18.5 Å². The Labute approximate surface area is 68.3 Å². The first-order chi connectivity index (χ1) is 4.74. The average molecular weight is 164 g/mol. The number of hydrogen-bond donors (Lipinski definition) is 1. The second-order valence-corrected chi connectivity index (χ2v) is 2.65. The summed E-state index contributed by atoms with van der Waals surface area (Å²) in [5, 5.41) is 0. The molecule has 0 saturated heterocycles. The Morgan fingerprint density at radius 2 is 1.90 bits per heavy atom. The molecule has 62 valence electrons. The van der Waals surface area contributed by atoms with Gasteiger partial charge in [0, 0.05) is 7.11 Å². The molecule has 0 aliphatic carbocycles. The lowest BCUT2D eigenvalue weighted by Crippen LogP contribution is -2.18. The fraction of sp³-hybridized carbons (Fsp3) is 1.00. The Balaban J connectivity index is 3.41. The van der Waals surface area contributed by atoms with E-state index in [1.165, 1.54) is 0 Å². The van der Waals surface area contributed by atoms with E-state index in [0.717, 1.165) is 12.8 Å². The normalized spacial score (nSPS) is 16.8. The van der Waals surface area contributed by atoms with E-state index in [0.29, 0.717) is 0 Å². The smallest absolute Gasteiger partial charge is 0.158 e. The van der Waals surface area contributed by atoms with Crippen LogP contribution in [-0.4, -0.2) is 18.8 Å². The summed E-state index contributed by atoms with van der Waals surface area (Å²) in [6.07, 6.45) is 1.68. The van der Waals surface area contributed by atoms with Gasteiger partial charge in [-0.25, -0.2) is 0 Å². The maximum Gasteiger partial charge on any atom is 0.158 e. The van der Waals surface area contributed by atoms with Gasteiger partial charge in [0.1, 0.15) is 5.44 Å². The molecule has 0 bridgehead atoms. The minimum Gasteiger partial charge on any atom is -0.356 e. The second kappa shape index (κ2) is 6.01. The third kappa shape index (κ3) is 4.14. The van der Waals surface area contributed by atoms with Gasteiger partial charge in [0.15, 0.2) is 6.29 Å². The van der Waals surface area contributed by atoms with Crippen LogP contribution in [0.5, 0.6) is 0 Å². The van der Waals surface area contributed by atoms with E-state index in [1.54, 1.807) is 7.11 Å². The maximum atomic E-state index is 5.34. The Morgan fingerprint density at radius 3 is 2.20 bits per heavy atom. The van der Waals surface area contributed by atoms with Gasteiger partial charge in [0.2, 0.25) is 0 Å². The van der Waals surface area contributed by atoms with Crippen molar-refractivity contribution in [3.05, 3.63) is 0 Å². The molecule has 0 heterocycles. The zero-order valence-electron chi connectivity index (χ0n) is 6.83. The fourth-order valence-electron chi connectivity index (χ4n) is 0.590. The van der Waals surface area contributed by atoms with Gasteiger partial charge in [-0.3, -0.25) is 0 Å². The molecule has 0 aliphatic heterocycles. The van der Waals surface area contributed by atoms with E-state index in [1.807, 2.05) is 13.8 Å². The van der Waals surface area contributed by atoms with Gasteiger partial charge in [-0.05, 0) is 12.8 Å². The quantitative estimate of drug-likeness (QED) is 0.495. The Bertz CT molecular complexity index is 74.0. The largest absolute Gasteiger partial charge is 0.356 e. The molecule has 0 fully saturated rings. The summed E-state index contributed by atoms with van der Waals surface area (Å²) in [6.45, 7) is 4.05. The Morgan fingerprint density at radius 1 is 1.30 bits per heavy atom. The van der Waals surface area contributed by atoms with Gasteiger partial charge in [-0.2, -0.15) is 0 Å². The van der Waals surface area contributed by atoms with Crippen molar-refractivity contribution in [1.29, 1.82) is 0 Å². The summed E-state index contributed by atoms with van der Waals surface area (Å²) in [6, 6.07) is 0. The zero-order valence-corrected chi connectivity index (χ0v) is 7.73. The van der Waals surface area contributed by atoms with Crippen LogP contribution >= 0.6 is 12.6 Å². The second-order valence-electron chi connectivity index (χ2n) is 2.07. The van der Waals surface area contributed by atoms with Crippen LogP contribution in [0.4, 0.5) is 0 Å². The molecule has 2 atom stereocenters. The summed E-state index contributed by atoms with van der Waals surface area (Å²) in [7, 11) is 1.64. The number of thiol groups is 1. The lowest BCUT2D eigenvalue weighted by atomic mass is 10.4. The van der Waals surface area contributed by atoms with Gasteiger partial charge in [-0.15, -0.1) is 12.6 Å². The highest BCUT2D eigenvalue weighted by atomic mass is 32.1. The molecule has 0 saturated carbocycles. The molecule has 2 unspecified atom stereocenters. The third-order valence-corrected chi connectivity index (χ3v) is 1.74. The molecule has 0 amide bonds. The molecule has 0 radical (unpaired) electrons. The van der Waals surface area contributed by atoms with Crippen molar-refractivity contribution in [3.8, 4) is 0 Å². The van der Waals surface area contributed by atoms with Crippen LogP contribution in [0.3, 0.4) is 0 Å². The molecule has 0 aromatic heterocycles. The van der Waals surface area contributed by atoms with E-state index in [-0.39, 0.29) is 11.7 Å². The SMILES string of the molecule is CCC(S)OC(CC)OC. The molecule has 10 heavy (non-hydrogen) atoms. The predicted octanol–water partition coefficient (Wildman–Crippen LogP) is 2.05. The van der Waals surface area contributed by atoms with Crippen molar-refractivity contribution in [1.82, 2.24) is 0 Å². The Hall–Kier alpha value is 0.270. The van der Waals surface area contributed by atoms with Gasteiger partial charge < -0.3 is 9.47 Å². The molecular formula is C7H16O2S. The van der Waals surface area contributed by atoms with Crippen LogP contribution in [0.2, 0.25) is 0 Å². The number of rotatable bonds is 5. The molecule has 0 rings (SSSR count). The lowest BCUT2D eigenvalue weighted by Gasteiger charge is -2.17. The lowest BCUT2D eigenvalue weighted by molar-refractivity contribution is -0.133. The van der Waals surface area contributed by atoms with E-state index in [9.17, 15) is 0 Å². The summed E-state index contributed by atoms with van der Waals surface area (Å²) >= 11 is 4.18. The average Bonchev–Trinajstić information content (AvgIpc) is 1.99. The monoisotopic (exact) mass is 164 g/mol. The van der Waals surface area contributed by atoms with Gasteiger partial charge in [0.25, 0.3) is 0 Å². The standard InChI is InChI=1S/C7H16O2S/c1-4-6(8-3)9-7(10)5-2/h6-7,10H,4-5H2,1-3H3. The maximum absolute atomic E-state index is 5.34. The molecule has 0 spiro atoms. The number of hydrogen-bond acceptors (Lipinski definition) is 3. The first-order valence-corrected chi connectivity index (χ1v) is 4.12. The van der Waals surface area contributed by atoms with Crippen molar-refractivity contribution in [2.24, 2.45) is 0 Å². The van der Waals surface area contributed by atoms with Crippen molar-refractivity contribution in [2.75, 3.05) is 7.11 Å². The van der Waals surface area contributed by atoms with Crippen molar-refractivity contribution in [2.45, 2.75) is 38.4 Å². The first kappa shape index (κ1) is 10.3. The van der Waals surface area contributed by atoms with Crippen LogP contribution in [0.15, 0.2) is 0 Å². The first-order valence-electron chi connectivity index (χ1n) is 3.60. The minimum atomic E-state index is -0.0950. The molecule has 0 aromatic carbocycles. The van der Waals surface area contributed by atoms with Gasteiger partial charge in [-0.1, -0.05) is 13.8 Å². The fourth-order valence-corrected chi connectivity index (χ4v) is 0.726. The number of ether oxygens (including phenoxy) is 2. The van der Waals surface area contributed by atoms with E-state index >= 15 is 0 Å².